The summed E-state index contributed by atoms with van der Waals surface area (Å²) in [5.41, 5.74) is 0. The SMILES string of the molecule is CCNC1CCCCCC1N(C)C1CCCC1. The van der Waals surface area contributed by atoms with Gasteiger partial charge in [-0.15, -0.1) is 0 Å². The zero-order valence-corrected chi connectivity index (χ0v) is 11.8. The van der Waals surface area contributed by atoms with Gasteiger partial charge in [0.15, 0.2) is 0 Å². The van der Waals surface area contributed by atoms with Gasteiger partial charge >= 0.3 is 0 Å². The quantitative estimate of drug-likeness (QED) is 0.757. The topological polar surface area (TPSA) is 15.3 Å². The van der Waals surface area contributed by atoms with Crippen molar-refractivity contribution in [3.8, 4) is 0 Å². The summed E-state index contributed by atoms with van der Waals surface area (Å²) in [6, 6.07) is 2.41. The Hall–Kier alpha value is -0.0800. The van der Waals surface area contributed by atoms with Crippen LogP contribution in [0.25, 0.3) is 0 Å². The van der Waals surface area contributed by atoms with E-state index in [1.54, 1.807) is 0 Å². The summed E-state index contributed by atoms with van der Waals surface area (Å²) in [6.45, 7) is 3.37. The van der Waals surface area contributed by atoms with Gasteiger partial charge in [-0.25, -0.2) is 0 Å². The van der Waals surface area contributed by atoms with E-state index in [0.29, 0.717) is 0 Å². The molecule has 0 radical (unpaired) electrons. The van der Waals surface area contributed by atoms with Crippen LogP contribution in [0.5, 0.6) is 0 Å². The van der Waals surface area contributed by atoms with E-state index in [4.69, 9.17) is 0 Å². The summed E-state index contributed by atoms with van der Waals surface area (Å²) in [5.74, 6) is 0. The molecule has 2 rings (SSSR count). The van der Waals surface area contributed by atoms with Crippen molar-refractivity contribution < 1.29 is 0 Å². The van der Waals surface area contributed by atoms with Crippen LogP contribution >= 0.6 is 0 Å². The van der Waals surface area contributed by atoms with Crippen LogP contribution in [0, 0.1) is 0 Å². The van der Waals surface area contributed by atoms with Crippen molar-refractivity contribution in [3.05, 3.63) is 0 Å². The first-order chi connectivity index (χ1) is 8.33. The van der Waals surface area contributed by atoms with Gasteiger partial charge in [0.2, 0.25) is 0 Å². The van der Waals surface area contributed by atoms with Gasteiger partial charge in [-0.3, -0.25) is 4.90 Å². The average molecular weight is 238 g/mol. The Morgan fingerprint density at radius 1 is 0.941 bits per heavy atom. The largest absolute Gasteiger partial charge is 0.313 e. The van der Waals surface area contributed by atoms with Gasteiger partial charge in [-0.05, 0) is 39.3 Å². The van der Waals surface area contributed by atoms with Crippen molar-refractivity contribution in [1.29, 1.82) is 0 Å². The number of rotatable bonds is 4. The molecule has 0 spiro atoms. The average Bonchev–Trinajstić information content (AvgIpc) is 2.77. The van der Waals surface area contributed by atoms with E-state index in [-0.39, 0.29) is 0 Å². The highest BCUT2D eigenvalue weighted by Crippen LogP contribution is 2.29. The van der Waals surface area contributed by atoms with E-state index in [2.05, 4.69) is 24.2 Å². The van der Waals surface area contributed by atoms with Crippen LogP contribution in [0.3, 0.4) is 0 Å². The molecule has 2 atom stereocenters. The molecule has 2 fully saturated rings. The number of nitrogens with zero attached hydrogens (tertiary/aromatic N) is 1. The summed E-state index contributed by atoms with van der Waals surface area (Å²) in [6.07, 6.45) is 12.9. The maximum absolute atomic E-state index is 3.74. The molecule has 2 heteroatoms. The van der Waals surface area contributed by atoms with Crippen molar-refractivity contribution in [2.75, 3.05) is 13.6 Å². The second kappa shape index (κ2) is 6.75. The number of likely N-dealkylation sites (N-methyl/N-ethyl adjacent to an activating group) is 2. The number of hydrogen-bond acceptors (Lipinski definition) is 2. The lowest BCUT2D eigenvalue weighted by molar-refractivity contribution is 0.132. The van der Waals surface area contributed by atoms with E-state index >= 15 is 0 Å². The molecule has 0 saturated heterocycles. The van der Waals surface area contributed by atoms with Gasteiger partial charge in [0.05, 0.1) is 0 Å². The van der Waals surface area contributed by atoms with Crippen molar-refractivity contribution in [3.63, 3.8) is 0 Å². The molecule has 2 aliphatic carbocycles. The minimum absolute atomic E-state index is 0.744. The fourth-order valence-corrected chi connectivity index (χ4v) is 3.86. The highest BCUT2D eigenvalue weighted by atomic mass is 15.2. The molecule has 0 heterocycles. The molecular formula is C15H30N2. The first-order valence-electron chi connectivity index (χ1n) is 7.78. The van der Waals surface area contributed by atoms with Crippen LogP contribution in [0.2, 0.25) is 0 Å². The Morgan fingerprint density at radius 2 is 1.59 bits per heavy atom. The van der Waals surface area contributed by atoms with Crippen LogP contribution in [0.15, 0.2) is 0 Å². The third-order valence-corrected chi connectivity index (χ3v) is 4.87. The Labute approximate surface area is 107 Å². The van der Waals surface area contributed by atoms with E-state index in [9.17, 15) is 0 Å². The van der Waals surface area contributed by atoms with Crippen LogP contribution < -0.4 is 5.32 Å². The predicted octanol–water partition coefficient (Wildman–Crippen LogP) is 3.17. The highest BCUT2D eigenvalue weighted by Gasteiger charge is 2.31. The zero-order valence-electron chi connectivity index (χ0n) is 11.8. The highest BCUT2D eigenvalue weighted by molar-refractivity contribution is 4.89. The van der Waals surface area contributed by atoms with Crippen molar-refractivity contribution in [2.24, 2.45) is 0 Å². The standard InChI is InChI=1S/C15H30N2/c1-3-16-14-11-5-4-6-12-15(14)17(2)13-9-7-8-10-13/h13-16H,3-12H2,1-2H3. The second-order valence-corrected chi connectivity index (χ2v) is 5.97. The van der Waals surface area contributed by atoms with Gasteiger partial charge in [-0.1, -0.05) is 39.0 Å². The molecule has 0 bridgehead atoms. The molecule has 0 aromatic rings. The molecule has 0 aromatic heterocycles. The molecule has 2 saturated carbocycles. The Balaban J connectivity index is 1.97. The summed E-state index contributed by atoms with van der Waals surface area (Å²) in [7, 11) is 2.39. The molecule has 17 heavy (non-hydrogen) atoms. The molecule has 0 aromatic carbocycles. The monoisotopic (exact) mass is 238 g/mol. The Morgan fingerprint density at radius 3 is 2.29 bits per heavy atom. The number of nitrogens with one attached hydrogen (secondary N) is 1. The second-order valence-electron chi connectivity index (χ2n) is 5.97. The van der Waals surface area contributed by atoms with E-state index in [1.807, 2.05) is 0 Å². The maximum Gasteiger partial charge on any atom is 0.0249 e. The predicted molar refractivity (Wildman–Crippen MR) is 74.4 cm³/mol. The minimum Gasteiger partial charge on any atom is -0.313 e. The Kier molecular flexibility index (Phi) is 5.30. The minimum atomic E-state index is 0.744. The lowest BCUT2D eigenvalue weighted by Gasteiger charge is -2.37. The summed E-state index contributed by atoms with van der Waals surface area (Å²) >= 11 is 0. The van der Waals surface area contributed by atoms with Crippen molar-refractivity contribution in [2.45, 2.75) is 82.8 Å². The molecule has 0 aliphatic heterocycles. The van der Waals surface area contributed by atoms with Crippen LogP contribution in [-0.4, -0.2) is 36.6 Å². The van der Waals surface area contributed by atoms with E-state index in [0.717, 1.165) is 24.7 Å². The first kappa shape index (κ1) is 13.4. The van der Waals surface area contributed by atoms with Crippen molar-refractivity contribution >= 4 is 0 Å². The summed E-state index contributed by atoms with van der Waals surface area (Å²) in [4.78, 5) is 2.73. The van der Waals surface area contributed by atoms with E-state index < -0.39 is 0 Å². The lowest BCUT2D eigenvalue weighted by atomic mass is 9.99. The van der Waals surface area contributed by atoms with Crippen LogP contribution in [0.1, 0.15) is 64.7 Å². The van der Waals surface area contributed by atoms with Crippen LogP contribution in [-0.2, 0) is 0 Å². The third kappa shape index (κ3) is 3.45. The molecule has 100 valence electrons. The van der Waals surface area contributed by atoms with Gasteiger partial charge in [0.1, 0.15) is 0 Å². The maximum atomic E-state index is 3.74. The smallest absolute Gasteiger partial charge is 0.0249 e. The van der Waals surface area contributed by atoms with Gasteiger partial charge in [0.25, 0.3) is 0 Å². The summed E-state index contributed by atoms with van der Waals surface area (Å²) in [5, 5.41) is 3.74. The lowest BCUT2D eigenvalue weighted by Crippen LogP contribution is -2.51. The molecule has 2 unspecified atom stereocenters. The van der Waals surface area contributed by atoms with E-state index in [1.165, 1.54) is 57.8 Å². The molecule has 2 aliphatic rings. The van der Waals surface area contributed by atoms with Crippen molar-refractivity contribution in [1.82, 2.24) is 10.2 Å². The molecule has 2 nitrogen and oxygen atoms in total. The van der Waals surface area contributed by atoms with Crippen LogP contribution in [0.4, 0.5) is 0 Å². The normalized spacial score (nSPS) is 31.9. The molecular weight excluding hydrogens is 208 g/mol. The zero-order chi connectivity index (χ0) is 12.1. The fraction of sp³-hybridized carbons (Fsp3) is 1.00. The Bertz CT molecular complexity index is 211. The first-order valence-corrected chi connectivity index (χ1v) is 7.78. The van der Waals surface area contributed by atoms with Gasteiger partial charge < -0.3 is 5.32 Å². The molecule has 0 amide bonds. The van der Waals surface area contributed by atoms with Gasteiger partial charge in [0, 0.05) is 18.1 Å². The molecule has 1 N–H and O–H groups in total. The number of hydrogen-bond donors (Lipinski definition) is 1. The fourth-order valence-electron chi connectivity index (χ4n) is 3.86. The third-order valence-electron chi connectivity index (χ3n) is 4.87. The summed E-state index contributed by atoms with van der Waals surface area (Å²) < 4.78 is 0. The van der Waals surface area contributed by atoms with Gasteiger partial charge in [-0.2, -0.15) is 0 Å².